The number of anilines is 1. The van der Waals surface area contributed by atoms with Gasteiger partial charge in [-0.3, -0.25) is 28.9 Å². The summed E-state index contributed by atoms with van der Waals surface area (Å²) in [6.07, 6.45) is 1.42. The lowest BCUT2D eigenvalue weighted by Gasteiger charge is -2.24. The molecule has 12 nitrogen and oxygen atoms in total. The molecule has 1 heterocycles. The van der Waals surface area contributed by atoms with E-state index in [1.54, 1.807) is 85.8 Å². The molecule has 1 aliphatic heterocycles. The molecule has 0 bridgehead atoms. The number of hydrogen-bond donors (Lipinski definition) is 2. The van der Waals surface area contributed by atoms with Crippen LogP contribution < -0.4 is 20.1 Å². The largest absolute Gasteiger partial charge is 0.493 e. The molecule has 0 aromatic heterocycles. The van der Waals surface area contributed by atoms with E-state index in [0.29, 0.717) is 22.4 Å². The van der Waals surface area contributed by atoms with E-state index >= 15 is 0 Å². The number of nitrogens with zero attached hydrogens (tertiary/aromatic N) is 1. The number of nitrogens with one attached hydrogen (secondary N) is 2. The van der Waals surface area contributed by atoms with E-state index in [0.717, 1.165) is 4.90 Å². The van der Waals surface area contributed by atoms with Crippen LogP contribution in [-0.2, 0) is 25.5 Å². The molecule has 0 aliphatic carbocycles. The molecular weight excluding hydrogens is 642 g/mol. The summed E-state index contributed by atoms with van der Waals surface area (Å²) in [7, 11) is 1.40. The molecular formula is C38H33N3O9. The van der Waals surface area contributed by atoms with Gasteiger partial charge in [-0.25, -0.2) is 4.79 Å². The number of imide groups is 1. The second-order valence-electron chi connectivity index (χ2n) is 11.0. The summed E-state index contributed by atoms with van der Waals surface area (Å²) in [6, 6.07) is 24.6. The van der Waals surface area contributed by atoms with Gasteiger partial charge in [0.05, 0.1) is 24.8 Å². The molecule has 0 saturated heterocycles. The molecule has 12 heteroatoms. The number of hydrogen-bond acceptors (Lipinski definition) is 9. The third kappa shape index (κ3) is 7.93. The van der Waals surface area contributed by atoms with Crippen LogP contribution in [0.1, 0.15) is 56.0 Å². The molecule has 0 spiro atoms. The first-order chi connectivity index (χ1) is 24.1. The highest BCUT2D eigenvalue weighted by molar-refractivity contribution is 6.22. The molecule has 2 N–H and O–H groups in total. The molecule has 4 amide bonds. The summed E-state index contributed by atoms with van der Waals surface area (Å²) in [4.78, 5) is 78.4. The Balaban J connectivity index is 1.37. The average molecular weight is 676 g/mol. The van der Waals surface area contributed by atoms with Crippen molar-refractivity contribution in [2.24, 2.45) is 0 Å². The topological polar surface area (TPSA) is 157 Å². The van der Waals surface area contributed by atoms with Crippen molar-refractivity contribution >= 4 is 47.3 Å². The van der Waals surface area contributed by atoms with Gasteiger partial charge in [0.15, 0.2) is 11.5 Å². The molecule has 1 aliphatic rings. The molecule has 1 atom stereocenters. The number of methoxy groups -OCH3 is 1. The van der Waals surface area contributed by atoms with Crippen LogP contribution >= 0.6 is 0 Å². The first-order valence-corrected chi connectivity index (χ1v) is 15.6. The van der Waals surface area contributed by atoms with Crippen LogP contribution in [0.2, 0.25) is 0 Å². The molecule has 50 heavy (non-hydrogen) atoms. The number of rotatable bonds is 12. The lowest BCUT2D eigenvalue weighted by atomic mass is 10.0. The van der Waals surface area contributed by atoms with Gasteiger partial charge in [0.1, 0.15) is 11.7 Å². The summed E-state index contributed by atoms with van der Waals surface area (Å²) in [6.45, 7) is 2.95. The minimum Gasteiger partial charge on any atom is -0.493 e. The number of carbonyl (C=O) groups is 6. The van der Waals surface area contributed by atoms with Crippen LogP contribution in [0.25, 0.3) is 6.08 Å². The van der Waals surface area contributed by atoms with Crippen LogP contribution in [0.15, 0.2) is 103 Å². The molecule has 5 rings (SSSR count). The second kappa shape index (κ2) is 15.6. The van der Waals surface area contributed by atoms with Crippen molar-refractivity contribution in [1.29, 1.82) is 0 Å². The Morgan fingerprint density at radius 3 is 2.06 bits per heavy atom. The van der Waals surface area contributed by atoms with Crippen LogP contribution in [0, 0.1) is 0 Å². The van der Waals surface area contributed by atoms with E-state index in [4.69, 9.17) is 14.2 Å². The van der Waals surface area contributed by atoms with Crippen LogP contribution in [0.3, 0.4) is 0 Å². The van der Waals surface area contributed by atoms with Gasteiger partial charge >= 0.3 is 11.9 Å². The summed E-state index contributed by atoms with van der Waals surface area (Å²) in [5, 5.41) is 5.42. The number of ether oxygens (including phenoxy) is 3. The van der Waals surface area contributed by atoms with Crippen molar-refractivity contribution in [3.63, 3.8) is 0 Å². The normalized spacial score (nSPS) is 12.9. The third-order valence-electron chi connectivity index (χ3n) is 7.62. The SMILES string of the molecule is CCOC(=O)[C@@H](Cc1ccc(NC(=O)/C(=C/c2ccc(OC(C)=O)c(OC)c2)NC(=O)c2ccccc2)cc1)N1C(=O)c2ccccc2C1=O. The second-order valence-corrected chi connectivity index (χ2v) is 11.0. The monoisotopic (exact) mass is 675 g/mol. The first kappa shape index (κ1) is 34.8. The minimum absolute atomic E-state index is 0.0258. The maximum atomic E-state index is 13.6. The fraction of sp³-hybridized carbons (Fsp3) is 0.158. The van der Waals surface area contributed by atoms with Gasteiger partial charge < -0.3 is 24.8 Å². The van der Waals surface area contributed by atoms with Gasteiger partial charge in [0.2, 0.25) is 0 Å². The van der Waals surface area contributed by atoms with Crippen LogP contribution in [0.4, 0.5) is 5.69 Å². The van der Waals surface area contributed by atoms with Gasteiger partial charge in [-0.15, -0.1) is 0 Å². The fourth-order valence-electron chi connectivity index (χ4n) is 5.28. The number of carbonyl (C=O) groups excluding carboxylic acids is 6. The van der Waals surface area contributed by atoms with Gasteiger partial charge in [0, 0.05) is 24.6 Å². The fourth-order valence-corrected chi connectivity index (χ4v) is 5.28. The summed E-state index contributed by atoms with van der Waals surface area (Å²) < 4.78 is 15.7. The molecule has 254 valence electrons. The van der Waals surface area contributed by atoms with E-state index in [9.17, 15) is 28.8 Å². The van der Waals surface area contributed by atoms with Crippen LogP contribution in [0.5, 0.6) is 11.5 Å². The van der Waals surface area contributed by atoms with Crippen molar-refractivity contribution < 1.29 is 43.0 Å². The van der Waals surface area contributed by atoms with E-state index in [2.05, 4.69) is 10.6 Å². The predicted molar refractivity (Wildman–Crippen MR) is 182 cm³/mol. The van der Waals surface area contributed by atoms with Crippen molar-refractivity contribution in [2.45, 2.75) is 26.3 Å². The first-order valence-electron chi connectivity index (χ1n) is 15.6. The summed E-state index contributed by atoms with van der Waals surface area (Å²) >= 11 is 0. The highest BCUT2D eigenvalue weighted by Crippen LogP contribution is 2.30. The molecule has 0 saturated carbocycles. The highest BCUT2D eigenvalue weighted by Gasteiger charge is 2.43. The Morgan fingerprint density at radius 2 is 1.46 bits per heavy atom. The molecule has 4 aromatic rings. The van der Waals surface area contributed by atoms with Crippen molar-refractivity contribution in [3.05, 3.63) is 131 Å². The molecule has 4 aromatic carbocycles. The van der Waals surface area contributed by atoms with E-state index in [1.807, 2.05) is 0 Å². The zero-order valence-electron chi connectivity index (χ0n) is 27.4. The Bertz CT molecular complexity index is 1950. The molecule has 0 fully saturated rings. The zero-order chi connectivity index (χ0) is 35.8. The maximum absolute atomic E-state index is 13.6. The van der Waals surface area contributed by atoms with Crippen molar-refractivity contribution in [2.75, 3.05) is 19.0 Å². The Labute approximate surface area is 287 Å². The lowest BCUT2D eigenvalue weighted by Crippen LogP contribution is -2.47. The quantitative estimate of drug-likeness (QED) is 0.0932. The minimum atomic E-state index is -1.21. The van der Waals surface area contributed by atoms with Gasteiger partial charge in [-0.2, -0.15) is 0 Å². The number of fused-ring (bicyclic) bond motifs is 1. The maximum Gasteiger partial charge on any atom is 0.329 e. The van der Waals surface area contributed by atoms with E-state index in [1.165, 1.54) is 38.3 Å². The Hall–Kier alpha value is -6.56. The number of esters is 2. The average Bonchev–Trinajstić information content (AvgIpc) is 3.37. The van der Waals surface area contributed by atoms with Crippen LogP contribution in [-0.4, -0.2) is 60.2 Å². The number of benzene rings is 4. The summed E-state index contributed by atoms with van der Waals surface area (Å²) in [5.74, 6) is -3.17. The van der Waals surface area contributed by atoms with Crippen molar-refractivity contribution in [1.82, 2.24) is 10.2 Å². The summed E-state index contributed by atoms with van der Waals surface area (Å²) in [5.41, 5.74) is 2.06. The molecule has 0 radical (unpaired) electrons. The van der Waals surface area contributed by atoms with Gasteiger partial charge in [-0.1, -0.05) is 48.5 Å². The van der Waals surface area contributed by atoms with Gasteiger partial charge in [-0.05, 0) is 72.7 Å². The third-order valence-corrected chi connectivity index (χ3v) is 7.62. The Kier molecular flexibility index (Phi) is 10.8. The van der Waals surface area contributed by atoms with Gasteiger partial charge in [0.25, 0.3) is 23.6 Å². The Morgan fingerprint density at radius 1 is 0.820 bits per heavy atom. The standard InChI is InChI=1S/C38H33N3O9/c1-4-49-38(47)31(41-36(45)28-12-8-9-13-29(28)37(41)46)21-24-14-17-27(18-15-24)39-35(44)30(40-34(43)26-10-6-5-7-11-26)20-25-16-19-32(50-23(2)42)33(22-25)48-3/h5-20,22,31H,4,21H2,1-3H3,(H,39,44)(H,40,43)/b30-20-/t31-/m1/s1. The lowest BCUT2D eigenvalue weighted by molar-refractivity contribution is -0.147. The smallest absolute Gasteiger partial charge is 0.329 e. The van der Waals surface area contributed by atoms with Crippen molar-refractivity contribution in [3.8, 4) is 11.5 Å². The highest BCUT2D eigenvalue weighted by atomic mass is 16.6. The number of amides is 4. The predicted octanol–water partition coefficient (Wildman–Crippen LogP) is 4.80. The van der Waals surface area contributed by atoms with E-state index < -0.39 is 41.6 Å². The molecule has 0 unspecified atom stereocenters. The van der Waals surface area contributed by atoms with E-state index in [-0.39, 0.29) is 41.4 Å². The zero-order valence-corrected chi connectivity index (χ0v) is 27.4.